The molecule has 1 spiro atoms. The number of ether oxygens (including phenoxy) is 2. The van der Waals surface area contributed by atoms with Crippen LogP contribution in [-0.2, 0) is 16.0 Å². The molecule has 2 aliphatic heterocycles. The maximum Gasteiger partial charge on any atom is 0.407 e. The first-order valence-corrected chi connectivity index (χ1v) is 8.90. The third-order valence-electron chi connectivity index (χ3n) is 5.08. The van der Waals surface area contributed by atoms with Gasteiger partial charge in [0.1, 0.15) is 23.8 Å². The predicted molar refractivity (Wildman–Crippen MR) is 90.9 cm³/mol. The van der Waals surface area contributed by atoms with Crippen LogP contribution in [0.5, 0.6) is 0 Å². The third-order valence-corrected chi connectivity index (χ3v) is 5.08. The van der Waals surface area contributed by atoms with Crippen LogP contribution in [0, 0.1) is 0 Å². The van der Waals surface area contributed by atoms with Crippen molar-refractivity contribution in [3.05, 3.63) is 35.9 Å². The van der Waals surface area contributed by atoms with Crippen LogP contribution >= 0.6 is 0 Å². The average Bonchev–Trinajstić information content (AvgIpc) is 3.22. The summed E-state index contributed by atoms with van der Waals surface area (Å²) in [4.78, 5) is 12.0. The van der Waals surface area contributed by atoms with Gasteiger partial charge in [-0.15, -0.1) is 0 Å². The van der Waals surface area contributed by atoms with E-state index in [2.05, 4.69) is 27.8 Å². The van der Waals surface area contributed by atoms with E-state index in [-0.39, 0.29) is 35.9 Å². The first-order valence-electron chi connectivity index (χ1n) is 8.90. The second-order valence-corrected chi connectivity index (χ2v) is 7.36. The van der Waals surface area contributed by atoms with Gasteiger partial charge in [-0.25, -0.2) is 4.79 Å². The molecule has 1 aliphatic carbocycles. The number of hydrogen-bond donors (Lipinski definition) is 1. The summed E-state index contributed by atoms with van der Waals surface area (Å²) in [5.74, 6) is 0. The van der Waals surface area contributed by atoms with E-state index in [0.717, 1.165) is 19.4 Å². The van der Waals surface area contributed by atoms with Crippen LogP contribution < -0.4 is 5.32 Å². The Balaban J connectivity index is 1.48. The largest absolute Gasteiger partial charge is 0.444 e. The van der Waals surface area contributed by atoms with Gasteiger partial charge in [0.15, 0.2) is 0 Å². The molecule has 0 bridgehead atoms. The van der Waals surface area contributed by atoms with Crippen molar-refractivity contribution in [1.29, 1.82) is 0 Å². The number of rotatable bonds is 4. The smallest absolute Gasteiger partial charge is 0.407 e. The zero-order valence-corrected chi connectivity index (χ0v) is 14.6. The van der Waals surface area contributed by atoms with Crippen molar-refractivity contribution in [3.8, 4) is 0 Å². The fourth-order valence-corrected chi connectivity index (χ4v) is 3.83. The van der Waals surface area contributed by atoms with Crippen molar-refractivity contribution in [1.82, 2.24) is 10.3 Å². The quantitative estimate of drug-likeness (QED) is 0.852. The Bertz CT molecular complexity index is 660. The van der Waals surface area contributed by atoms with E-state index in [1.807, 2.05) is 37.1 Å². The molecule has 1 aromatic rings. The lowest BCUT2D eigenvalue weighted by molar-refractivity contribution is 0.00156. The maximum absolute atomic E-state index is 12.0. The molecule has 25 heavy (non-hydrogen) atoms. The molecule has 4 unspecified atom stereocenters. The SMILES string of the molecule is CC(C)NC(=O)OC1CCC2(CO2)C2C1N=NN2Cc1ccccc1. The molecule has 4 atom stereocenters. The van der Waals surface area contributed by atoms with Crippen molar-refractivity contribution in [2.24, 2.45) is 10.3 Å². The van der Waals surface area contributed by atoms with E-state index in [4.69, 9.17) is 9.47 Å². The van der Waals surface area contributed by atoms with Gasteiger partial charge in [0.25, 0.3) is 0 Å². The molecule has 1 N–H and O–H groups in total. The van der Waals surface area contributed by atoms with Crippen molar-refractivity contribution >= 4 is 6.09 Å². The van der Waals surface area contributed by atoms with Crippen LogP contribution in [0.3, 0.4) is 0 Å². The lowest BCUT2D eigenvalue weighted by Crippen LogP contribution is -2.56. The lowest BCUT2D eigenvalue weighted by atomic mass is 9.79. The molecule has 4 rings (SSSR count). The van der Waals surface area contributed by atoms with Crippen LogP contribution in [0.25, 0.3) is 0 Å². The summed E-state index contributed by atoms with van der Waals surface area (Å²) in [5.41, 5.74) is 0.996. The van der Waals surface area contributed by atoms with E-state index < -0.39 is 0 Å². The second-order valence-electron chi connectivity index (χ2n) is 7.36. The molecule has 0 aromatic heterocycles. The minimum absolute atomic E-state index is 0.0262. The number of benzene rings is 1. The van der Waals surface area contributed by atoms with E-state index in [1.54, 1.807) is 0 Å². The molecule has 1 saturated heterocycles. The van der Waals surface area contributed by atoms with Gasteiger partial charge in [0.2, 0.25) is 0 Å². The highest BCUT2D eigenvalue weighted by molar-refractivity contribution is 5.67. The summed E-state index contributed by atoms with van der Waals surface area (Å²) in [6, 6.07) is 10.1. The van der Waals surface area contributed by atoms with E-state index >= 15 is 0 Å². The van der Waals surface area contributed by atoms with Gasteiger partial charge >= 0.3 is 6.09 Å². The van der Waals surface area contributed by atoms with Gasteiger partial charge in [-0.2, -0.15) is 5.11 Å². The molecule has 0 radical (unpaired) electrons. The van der Waals surface area contributed by atoms with Gasteiger partial charge in [-0.05, 0) is 32.3 Å². The van der Waals surface area contributed by atoms with E-state index in [1.165, 1.54) is 5.56 Å². The fourth-order valence-electron chi connectivity index (χ4n) is 3.83. The number of epoxide rings is 1. The number of carbonyl (C=O) groups is 1. The summed E-state index contributed by atoms with van der Waals surface area (Å²) >= 11 is 0. The van der Waals surface area contributed by atoms with E-state index in [9.17, 15) is 4.79 Å². The first-order chi connectivity index (χ1) is 12.1. The standard InChI is InChI=1S/C18H24N4O3/c1-12(2)19-17(23)25-14-8-9-18(11-24-18)16-15(14)20-21-22(16)10-13-6-4-3-5-7-13/h3-7,12,14-16H,8-11H2,1-2H3,(H,19,23). The minimum Gasteiger partial charge on any atom is -0.444 e. The third kappa shape index (κ3) is 3.20. The van der Waals surface area contributed by atoms with Crippen LogP contribution in [0.15, 0.2) is 40.7 Å². The fraction of sp³-hybridized carbons (Fsp3) is 0.611. The van der Waals surface area contributed by atoms with Gasteiger partial charge in [0.05, 0.1) is 13.2 Å². The molecular formula is C18H24N4O3. The number of fused-ring (bicyclic) bond motifs is 2. The molecule has 2 heterocycles. The van der Waals surface area contributed by atoms with Crippen LogP contribution in [0.4, 0.5) is 4.79 Å². The monoisotopic (exact) mass is 344 g/mol. The number of carbonyl (C=O) groups excluding carboxylic acids is 1. The molecule has 7 heteroatoms. The molecule has 1 saturated carbocycles. The molecule has 1 aromatic carbocycles. The molecule has 1 amide bonds. The van der Waals surface area contributed by atoms with Crippen molar-refractivity contribution in [2.75, 3.05) is 6.61 Å². The van der Waals surface area contributed by atoms with E-state index in [0.29, 0.717) is 6.54 Å². The van der Waals surface area contributed by atoms with Gasteiger partial charge in [-0.3, -0.25) is 5.01 Å². The van der Waals surface area contributed by atoms with Crippen LogP contribution in [-0.4, -0.2) is 47.5 Å². The molecule has 134 valence electrons. The highest BCUT2D eigenvalue weighted by Crippen LogP contribution is 2.48. The Hall–Kier alpha value is -2.15. The van der Waals surface area contributed by atoms with Crippen molar-refractivity contribution < 1.29 is 14.3 Å². The zero-order valence-electron chi connectivity index (χ0n) is 14.6. The number of hydrogen-bond acceptors (Lipinski definition) is 6. The molecular weight excluding hydrogens is 320 g/mol. The topological polar surface area (TPSA) is 78.8 Å². The second kappa shape index (κ2) is 6.29. The van der Waals surface area contributed by atoms with Gasteiger partial charge < -0.3 is 14.8 Å². The number of amides is 1. The summed E-state index contributed by atoms with van der Waals surface area (Å²) in [5, 5.41) is 13.6. The number of alkyl carbamates (subject to hydrolysis) is 1. The van der Waals surface area contributed by atoms with Crippen molar-refractivity contribution in [2.45, 2.75) is 63.1 Å². The predicted octanol–water partition coefficient (Wildman–Crippen LogP) is 2.67. The Labute approximate surface area is 147 Å². The van der Waals surface area contributed by atoms with Gasteiger partial charge in [0, 0.05) is 6.04 Å². The lowest BCUT2D eigenvalue weighted by Gasteiger charge is -2.38. The molecule has 2 fully saturated rings. The first kappa shape index (κ1) is 16.3. The summed E-state index contributed by atoms with van der Waals surface area (Å²) < 4.78 is 11.5. The van der Waals surface area contributed by atoms with Gasteiger partial charge in [-0.1, -0.05) is 35.6 Å². The van der Waals surface area contributed by atoms with Crippen molar-refractivity contribution in [3.63, 3.8) is 0 Å². The summed E-state index contributed by atoms with van der Waals surface area (Å²) in [7, 11) is 0. The highest BCUT2D eigenvalue weighted by atomic mass is 16.6. The number of nitrogens with zero attached hydrogens (tertiary/aromatic N) is 3. The average molecular weight is 344 g/mol. The minimum atomic E-state index is -0.386. The Morgan fingerprint density at radius 1 is 1.44 bits per heavy atom. The molecule has 7 nitrogen and oxygen atoms in total. The number of nitrogens with one attached hydrogen (secondary N) is 1. The normalized spacial score (nSPS) is 32.8. The van der Waals surface area contributed by atoms with Crippen LogP contribution in [0.1, 0.15) is 32.3 Å². The Morgan fingerprint density at radius 2 is 2.20 bits per heavy atom. The maximum atomic E-state index is 12.0. The zero-order chi connectivity index (χ0) is 17.4. The van der Waals surface area contributed by atoms with Crippen LogP contribution in [0.2, 0.25) is 0 Å². The highest BCUT2D eigenvalue weighted by Gasteiger charge is 2.63. The Kier molecular flexibility index (Phi) is 4.11. The summed E-state index contributed by atoms with van der Waals surface area (Å²) in [6.45, 7) is 5.24. The Morgan fingerprint density at radius 3 is 2.88 bits per heavy atom. The molecule has 3 aliphatic rings. The summed E-state index contributed by atoms with van der Waals surface area (Å²) in [6.07, 6.45) is 0.973.